The van der Waals surface area contributed by atoms with Crippen LogP contribution in [0.5, 0.6) is 11.5 Å². The minimum Gasteiger partial charge on any atom is -0.490 e. The third kappa shape index (κ3) is 5.77. The van der Waals surface area contributed by atoms with Gasteiger partial charge in [0.2, 0.25) is 0 Å². The lowest BCUT2D eigenvalue weighted by Gasteiger charge is -2.32. The summed E-state index contributed by atoms with van der Waals surface area (Å²) in [4.78, 5) is 0. The van der Waals surface area contributed by atoms with Gasteiger partial charge in [-0.1, -0.05) is 6.07 Å². The van der Waals surface area contributed by atoms with Gasteiger partial charge in [0.15, 0.2) is 0 Å². The Morgan fingerprint density at radius 3 is 1.68 bits per heavy atom. The monoisotopic (exact) mass is 536 g/mol. The molecule has 0 unspecified atom stereocenters. The van der Waals surface area contributed by atoms with Crippen LogP contribution >= 0.6 is 15.9 Å². The Labute approximate surface area is 209 Å². The van der Waals surface area contributed by atoms with Crippen molar-refractivity contribution in [3.8, 4) is 11.5 Å². The molecule has 0 bridgehead atoms. The van der Waals surface area contributed by atoms with E-state index < -0.39 is 18.3 Å². The molecule has 34 heavy (non-hydrogen) atoms. The van der Waals surface area contributed by atoms with Crippen LogP contribution in [-0.2, 0) is 9.31 Å². The van der Waals surface area contributed by atoms with Crippen molar-refractivity contribution in [2.75, 3.05) is 0 Å². The van der Waals surface area contributed by atoms with Gasteiger partial charge in [0, 0.05) is 17.6 Å². The van der Waals surface area contributed by atoms with E-state index in [0.717, 1.165) is 25.7 Å². The summed E-state index contributed by atoms with van der Waals surface area (Å²) in [7, 11) is -0.673. The lowest BCUT2D eigenvalue weighted by atomic mass is 9.78. The molecule has 1 saturated heterocycles. The maximum Gasteiger partial charge on any atom is 0.497 e. The summed E-state index contributed by atoms with van der Waals surface area (Å²) in [5.74, 6) is 0.602. The van der Waals surface area contributed by atoms with Gasteiger partial charge >= 0.3 is 7.12 Å². The standard InChI is InChI=1S/C16H22BFO3.C10H10BrFO/c1-15(2)16(3,4)21-17(20-15)13-9-8-12(10-14(13)18)19-11-6-5-7-11;11-9-5-4-8(6-10(9)12)13-7-2-1-3-7/h8-11H,5-7H2,1-4H3;4-7H,1-3H2. The average Bonchev–Trinajstić information content (AvgIpc) is 2.92. The Bertz CT molecular complexity index is 992. The van der Waals surface area contributed by atoms with Gasteiger partial charge in [-0.2, -0.15) is 0 Å². The molecule has 0 radical (unpaired) electrons. The molecule has 0 spiro atoms. The first kappa shape index (κ1) is 25.5. The van der Waals surface area contributed by atoms with Crippen LogP contribution in [0, 0.1) is 11.6 Å². The SMILES string of the molecule is CC1(C)OB(c2ccc(OC3CCC3)cc2F)OC1(C)C.Fc1cc(OC2CCC2)ccc1Br. The Balaban J connectivity index is 0.000000180. The average molecular weight is 537 g/mol. The third-order valence-corrected chi connectivity index (χ3v) is 7.72. The van der Waals surface area contributed by atoms with Gasteiger partial charge in [0.1, 0.15) is 23.1 Å². The molecule has 1 aliphatic heterocycles. The van der Waals surface area contributed by atoms with Crippen molar-refractivity contribution in [3.05, 3.63) is 52.5 Å². The van der Waals surface area contributed by atoms with Crippen LogP contribution in [0.2, 0.25) is 0 Å². The van der Waals surface area contributed by atoms with Crippen molar-refractivity contribution in [3.63, 3.8) is 0 Å². The minimum atomic E-state index is -0.673. The fourth-order valence-electron chi connectivity index (χ4n) is 3.65. The second kappa shape index (κ2) is 10.2. The highest BCUT2D eigenvalue weighted by Gasteiger charge is 2.52. The number of halogens is 3. The van der Waals surface area contributed by atoms with E-state index in [2.05, 4.69) is 15.9 Å². The van der Waals surface area contributed by atoms with E-state index in [-0.39, 0.29) is 17.7 Å². The molecule has 3 aliphatic rings. The summed E-state index contributed by atoms with van der Waals surface area (Å²) >= 11 is 3.10. The topological polar surface area (TPSA) is 36.9 Å². The lowest BCUT2D eigenvalue weighted by Crippen LogP contribution is -2.41. The van der Waals surface area contributed by atoms with Gasteiger partial charge in [0.05, 0.1) is 27.9 Å². The van der Waals surface area contributed by atoms with Crippen molar-refractivity contribution in [1.82, 2.24) is 0 Å². The Kier molecular flexibility index (Phi) is 7.60. The van der Waals surface area contributed by atoms with E-state index in [9.17, 15) is 8.78 Å². The number of ether oxygens (including phenoxy) is 2. The van der Waals surface area contributed by atoms with E-state index in [1.165, 1.54) is 25.0 Å². The lowest BCUT2D eigenvalue weighted by molar-refractivity contribution is 0.00578. The Morgan fingerprint density at radius 2 is 1.26 bits per heavy atom. The van der Waals surface area contributed by atoms with E-state index in [1.54, 1.807) is 24.3 Å². The van der Waals surface area contributed by atoms with Gasteiger partial charge in [0.25, 0.3) is 0 Å². The van der Waals surface area contributed by atoms with Gasteiger partial charge in [-0.3, -0.25) is 0 Å². The quantitative estimate of drug-likeness (QED) is 0.405. The fraction of sp³-hybridized carbons (Fsp3) is 0.538. The highest BCUT2D eigenvalue weighted by molar-refractivity contribution is 9.10. The molecule has 0 aromatic heterocycles. The van der Waals surface area contributed by atoms with Gasteiger partial charge in [-0.05, 0) is 100 Å². The number of hydrogen-bond acceptors (Lipinski definition) is 4. The molecule has 0 atom stereocenters. The summed E-state index contributed by atoms with van der Waals surface area (Å²) in [6.45, 7) is 7.83. The van der Waals surface area contributed by atoms with Gasteiger partial charge < -0.3 is 18.8 Å². The molecule has 1 heterocycles. The molecule has 0 N–H and O–H groups in total. The van der Waals surface area contributed by atoms with Crippen molar-refractivity contribution >= 4 is 28.5 Å². The van der Waals surface area contributed by atoms with E-state index in [4.69, 9.17) is 18.8 Å². The minimum absolute atomic E-state index is 0.243. The van der Waals surface area contributed by atoms with Gasteiger partial charge in [-0.25, -0.2) is 8.78 Å². The molecule has 3 fully saturated rings. The van der Waals surface area contributed by atoms with Crippen molar-refractivity contribution < 1.29 is 27.6 Å². The van der Waals surface area contributed by atoms with E-state index in [1.807, 2.05) is 27.7 Å². The maximum absolute atomic E-state index is 14.3. The first-order chi connectivity index (χ1) is 16.0. The summed E-state index contributed by atoms with van der Waals surface area (Å²) in [5.41, 5.74) is -0.509. The maximum atomic E-state index is 14.3. The Morgan fingerprint density at radius 1 is 0.794 bits per heavy atom. The number of hydrogen-bond donors (Lipinski definition) is 0. The highest BCUT2D eigenvalue weighted by atomic mass is 79.9. The second-order valence-corrected chi connectivity index (χ2v) is 11.0. The molecular weight excluding hydrogens is 505 g/mol. The Hall–Kier alpha value is -1.64. The summed E-state index contributed by atoms with van der Waals surface area (Å²) < 4.78 is 50.8. The third-order valence-electron chi connectivity index (χ3n) is 7.08. The molecule has 4 nitrogen and oxygen atoms in total. The normalized spacial score (nSPS) is 21.2. The molecule has 8 heteroatoms. The molecule has 2 aromatic rings. The van der Waals surface area contributed by atoms with Crippen molar-refractivity contribution in [2.45, 2.75) is 89.6 Å². The van der Waals surface area contributed by atoms with Crippen LogP contribution in [-0.4, -0.2) is 30.5 Å². The summed E-state index contributed by atoms with van der Waals surface area (Å²) in [6, 6.07) is 9.79. The molecule has 2 saturated carbocycles. The van der Waals surface area contributed by atoms with Crippen molar-refractivity contribution in [2.24, 2.45) is 0 Å². The van der Waals surface area contributed by atoms with Crippen LogP contribution in [0.4, 0.5) is 8.78 Å². The molecule has 184 valence electrons. The zero-order chi connectivity index (χ0) is 24.5. The van der Waals surface area contributed by atoms with Crippen LogP contribution in [0.1, 0.15) is 66.2 Å². The fourth-order valence-corrected chi connectivity index (χ4v) is 3.90. The molecule has 5 rings (SSSR count). The first-order valence-electron chi connectivity index (χ1n) is 12.0. The van der Waals surface area contributed by atoms with Gasteiger partial charge in [-0.15, -0.1) is 0 Å². The van der Waals surface area contributed by atoms with Crippen LogP contribution in [0.15, 0.2) is 40.9 Å². The van der Waals surface area contributed by atoms with Crippen LogP contribution in [0.25, 0.3) is 0 Å². The van der Waals surface area contributed by atoms with Crippen LogP contribution < -0.4 is 14.9 Å². The predicted octanol–water partition coefficient (Wildman–Crippen LogP) is 6.58. The number of benzene rings is 2. The molecule has 0 amide bonds. The zero-order valence-electron chi connectivity index (χ0n) is 20.2. The molecule has 2 aliphatic carbocycles. The smallest absolute Gasteiger partial charge is 0.490 e. The van der Waals surface area contributed by atoms with Crippen LogP contribution in [0.3, 0.4) is 0 Å². The molecule has 2 aromatic carbocycles. The highest BCUT2D eigenvalue weighted by Crippen LogP contribution is 2.37. The zero-order valence-corrected chi connectivity index (χ0v) is 21.8. The second-order valence-electron chi connectivity index (χ2n) is 10.2. The largest absolute Gasteiger partial charge is 0.497 e. The predicted molar refractivity (Wildman–Crippen MR) is 133 cm³/mol. The summed E-state index contributed by atoms with van der Waals surface area (Å²) in [6.07, 6.45) is 7.27. The number of rotatable bonds is 5. The van der Waals surface area contributed by atoms with Crippen molar-refractivity contribution in [1.29, 1.82) is 0 Å². The first-order valence-corrected chi connectivity index (χ1v) is 12.8. The molecular formula is C26H32BBrF2O4. The van der Waals surface area contributed by atoms with E-state index in [0.29, 0.717) is 27.5 Å². The van der Waals surface area contributed by atoms with E-state index >= 15 is 0 Å². The summed E-state index contributed by atoms with van der Waals surface area (Å²) in [5, 5.41) is 0.